The lowest BCUT2D eigenvalue weighted by Gasteiger charge is -2.59. The fourth-order valence-corrected chi connectivity index (χ4v) is 10.8. The van der Waals surface area contributed by atoms with Gasteiger partial charge in [-0.2, -0.15) is 4.79 Å². The Hall–Kier alpha value is -1.03. The van der Waals surface area contributed by atoms with Gasteiger partial charge in [0.25, 0.3) is 0 Å². The Bertz CT molecular complexity index is 703. The first kappa shape index (κ1) is 21.7. The van der Waals surface area contributed by atoms with Crippen LogP contribution < -0.4 is 0 Å². The van der Waals surface area contributed by atoms with E-state index in [1.54, 1.807) is 11.8 Å². The van der Waals surface area contributed by atoms with Gasteiger partial charge in [-0.15, -0.1) is 11.8 Å². The summed E-state index contributed by atoms with van der Waals surface area (Å²) in [6, 6.07) is 0. The van der Waals surface area contributed by atoms with Crippen molar-refractivity contribution in [3.63, 3.8) is 0 Å². The normalized spacial score (nSPS) is 33.8. The molecule has 0 aromatic carbocycles. The summed E-state index contributed by atoms with van der Waals surface area (Å²) in [6.45, 7) is 13.9. The van der Waals surface area contributed by atoms with Crippen LogP contribution in [0, 0.1) is 0 Å². The highest BCUT2D eigenvalue weighted by Gasteiger charge is 2.69. The van der Waals surface area contributed by atoms with E-state index in [9.17, 15) is 9.59 Å². The second-order valence-corrected chi connectivity index (χ2v) is 15.4. The molecule has 10 heteroatoms. The number of hydrogen-bond donors (Lipinski definition) is 0. The maximum absolute atomic E-state index is 12.4. The van der Waals surface area contributed by atoms with Crippen molar-refractivity contribution >= 4 is 37.8 Å². The van der Waals surface area contributed by atoms with Crippen LogP contribution in [0.15, 0.2) is 0 Å². The zero-order valence-electron chi connectivity index (χ0n) is 17.3. The summed E-state index contributed by atoms with van der Waals surface area (Å²) in [4.78, 5) is 26.7. The Morgan fingerprint density at radius 2 is 1.68 bits per heavy atom. The van der Waals surface area contributed by atoms with E-state index in [0.717, 1.165) is 12.7 Å². The number of hydrogen-bond acceptors (Lipinski definition) is 7. The maximum atomic E-state index is 12.4. The average Bonchev–Trinajstić information content (AvgIpc) is 2.98. The predicted molar refractivity (Wildman–Crippen MR) is 105 cm³/mol. The standard InChI is InChI=1S/C18H28N2O6SSi/c1-9(21)11(20-19)15(22)24-13-12-10-8-27-16(23-10)14(13)26-28(25-12,17(2,3)4)18(5,6)7/h10,12-14,16H,8H2,1-7H3. The van der Waals surface area contributed by atoms with E-state index in [2.05, 4.69) is 46.3 Å². The quantitative estimate of drug-likeness (QED) is 0.170. The van der Waals surface area contributed by atoms with E-state index in [0.29, 0.717) is 0 Å². The molecule has 0 aliphatic carbocycles. The highest BCUT2D eigenvalue weighted by atomic mass is 32.2. The van der Waals surface area contributed by atoms with Crippen LogP contribution in [0.4, 0.5) is 0 Å². The molecule has 3 heterocycles. The van der Waals surface area contributed by atoms with Crippen molar-refractivity contribution in [2.24, 2.45) is 0 Å². The van der Waals surface area contributed by atoms with Crippen LogP contribution in [0.25, 0.3) is 5.53 Å². The summed E-state index contributed by atoms with van der Waals surface area (Å²) >= 11 is 1.62. The van der Waals surface area contributed by atoms with Crippen molar-refractivity contribution in [2.75, 3.05) is 5.75 Å². The second-order valence-electron chi connectivity index (χ2n) is 9.53. The van der Waals surface area contributed by atoms with Crippen LogP contribution >= 0.6 is 11.8 Å². The number of ketones is 1. The van der Waals surface area contributed by atoms with Gasteiger partial charge in [0, 0.05) is 22.8 Å². The lowest BCUT2D eigenvalue weighted by Crippen LogP contribution is -2.73. The predicted octanol–water partition coefficient (Wildman–Crippen LogP) is 2.46. The van der Waals surface area contributed by atoms with Gasteiger partial charge in [0.2, 0.25) is 5.78 Å². The SMILES string of the molecule is CC(=O)C(=[N+]=[N-])C(=O)OC1C2O[Si](C(C)(C)C)(C(C)(C)C)OC1C1OC2CS1. The van der Waals surface area contributed by atoms with Crippen molar-refractivity contribution in [3.8, 4) is 0 Å². The minimum absolute atomic E-state index is 0.226. The van der Waals surface area contributed by atoms with Crippen LogP contribution in [0.3, 0.4) is 0 Å². The Morgan fingerprint density at radius 1 is 1.11 bits per heavy atom. The van der Waals surface area contributed by atoms with Gasteiger partial charge in [-0.25, -0.2) is 4.79 Å². The molecule has 28 heavy (non-hydrogen) atoms. The zero-order valence-corrected chi connectivity index (χ0v) is 19.2. The Balaban J connectivity index is 1.98. The molecule has 0 saturated carbocycles. The molecule has 3 saturated heterocycles. The molecule has 3 aliphatic rings. The molecule has 0 N–H and O–H groups in total. The second kappa shape index (κ2) is 7.04. The van der Waals surface area contributed by atoms with E-state index < -0.39 is 44.3 Å². The number of ether oxygens (including phenoxy) is 2. The first-order chi connectivity index (χ1) is 12.8. The van der Waals surface area contributed by atoms with Crippen LogP contribution in [0.2, 0.25) is 10.1 Å². The van der Waals surface area contributed by atoms with E-state index in [1.165, 1.54) is 0 Å². The minimum atomic E-state index is -2.81. The third-order valence-corrected chi connectivity index (χ3v) is 11.9. The van der Waals surface area contributed by atoms with Gasteiger partial charge in [-0.3, -0.25) is 4.79 Å². The van der Waals surface area contributed by atoms with Crippen molar-refractivity contribution in [1.29, 1.82) is 0 Å². The smallest absolute Gasteiger partial charge is 0.441 e. The molecular weight excluding hydrogens is 400 g/mol. The molecule has 0 amide bonds. The highest BCUT2D eigenvalue weighted by Crippen LogP contribution is 2.58. The molecule has 0 aromatic rings. The topological polar surface area (TPSA) is 107 Å². The number of nitrogens with zero attached hydrogens (tertiary/aromatic N) is 2. The first-order valence-corrected chi connectivity index (χ1v) is 12.3. The van der Waals surface area contributed by atoms with Crippen LogP contribution in [0.5, 0.6) is 0 Å². The van der Waals surface area contributed by atoms with Crippen LogP contribution in [-0.4, -0.2) is 66.4 Å². The van der Waals surface area contributed by atoms with Crippen LogP contribution in [0.1, 0.15) is 48.5 Å². The number of fused-ring (bicyclic) bond motifs is 6. The number of Topliss-reactive ketones (excluding diaryl/α,β-unsaturated/α-hetero) is 1. The summed E-state index contributed by atoms with van der Waals surface area (Å²) in [5.41, 5.74) is 8.08. The fourth-order valence-electron chi connectivity index (χ4n) is 4.42. The summed E-state index contributed by atoms with van der Waals surface area (Å²) in [5, 5.41) is -0.454. The number of rotatable bonds is 3. The van der Waals surface area contributed by atoms with Crippen LogP contribution in [-0.2, 0) is 27.9 Å². The third-order valence-electron chi connectivity index (χ3n) is 5.46. The largest absolute Gasteiger partial charge is 0.448 e. The van der Waals surface area contributed by atoms with Crippen molar-refractivity contribution < 1.29 is 32.7 Å². The van der Waals surface area contributed by atoms with Gasteiger partial charge in [-0.05, 0) is 0 Å². The monoisotopic (exact) mass is 428 g/mol. The summed E-state index contributed by atoms with van der Waals surface area (Å²) < 4.78 is 25.0. The van der Waals surface area contributed by atoms with Crippen molar-refractivity contribution in [3.05, 3.63) is 5.53 Å². The number of carbonyl (C=O) groups excluding carboxylic acids is 2. The zero-order chi connectivity index (χ0) is 21.1. The molecule has 4 bridgehead atoms. The van der Waals surface area contributed by atoms with E-state index >= 15 is 0 Å². The molecule has 3 aliphatic heterocycles. The van der Waals surface area contributed by atoms with E-state index in [-0.39, 0.29) is 21.6 Å². The first-order valence-electron chi connectivity index (χ1n) is 9.39. The molecule has 0 radical (unpaired) electrons. The lowest BCUT2D eigenvalue weighted by atomic mass is 10.0. The van der Waals surface area contributed by atoms with Crippen molar-refractivity contribution in [2.45, 2.75) is 88.4 Å². The molecule has 5 unspecified atom stereocenters. The molecule has 0 spiro atoms. The number of carbonyl (C=O) groups is 2. The van der Waals surface area contributed by atoms with Gasteiger partial charge >= 0.3 is 20.2 Å². The Labute approximate surface area is 170 Å². The number of thioether (sulfide) groups is 1. The summed E-state index contributed by atoms with van der Waals surface area (Å²) in [5.74, 6) is -0.929. The van der Waals surface area contributed by atoms with E-state index in [1.807, 2.05) is 0 Å². The van der Waals surface area contributed by atoms with Gasteiger partial charge in [0.15, 0.2) is 6.10 Å². The van der Waals surface area contributed by atoms with Gasteiger partial charge < -0.3 is 23.9 Å². The molecule has 5 atom stereocenters. The number of esters is 1. The molecule has 3 rings (SSSR count). The Morgan fingerprint density at radius 3 is 2.18 bits per heavy atom. The van der Waals surface area contributed by atoms with Gasteiger partial charge in [0.05, 0.1) is 6.10 Å². The maximum Gasteiger partial charge on any atom is 0.441 e. The van der Waals surface area contributed by atoms with E-state index in [4.69, 9.17) is 23.9 Å². The summed E-state index contributed by atoms with van der Waals surface area (Å²) in [6.07, 6.45) is -1.96. The lowest BCUT2D eigenvalue weighted by molar-refractivity contribution is -0.228. The summed E-state index contributed by atoms with van der Waals surface area (Å²) in [7, 11) is -2.81. The molecular formula is C18H28N2O6SSi. The minimum Gasteiger partial charge on any atom is -0.448 e. The molecule has 156 valence electrons. The highest BCUT2D eigenvalue weighted by molar-refractivity contribution is 8.00. The van der Waals surface area contributed by atoms with Crippen molar-refractivity contribution in [1.82, 2.24) is 0 Å². The molecule has 0 aromatic heterocycles. The average molecular weight is 429 g/mol. The Kier molecular flexibility index (Phi) is 5.44. The fraction of sp³-hybridized carbons (Fsp3) is 0.833. The third kappa shape index (κ3) is 3.30. The molecule has 8 nitrogen and oxygen atoms in total. The molecule has 3 fully saturated rings. The van der Waals surface area contributed by atoms with Gasteiger partial charge in [0.1, 0.15) is 17.6 Å². The van der Waals surface area contributed by atoms with Gasteiger partial charge in [-0.1, -0.05) is 41.5 Å².